The number of esters is 2. The molecule has 4 rings (SSSR count). The highest BCUT2D eigenvalue weighted by Gasteiger charge is 2.36. The Bertz CT molecular complexity index is 1200. The second-order valence-electron chi connectivity index (χ2n) is 8.82. The summed E-state index contributed by atoms with van der Waals surface area (Å²) in [5, 5.41) is 6.63. The van der Waals surface area contributed by atoms with Crippen molar-refractivity contribution in [3.63, 3.8) is 0 Å². The first-order chi connectivity index (χ1) is 17.7. The molecule has 1 fully saturated rings. The van der Waals surface area contributed by atoms with Gasteiger partial charge in [-0.2, -0.15) is 0 Å². The van der Waals surface area contributed by atoms with Gasteiger partial charge in [-0.1, -0.05) is 29.3 Å². The molecule has 0 aliphatic carbocycles. The molecule has 2 aliphatic heterocycles. The fourth-order valence-corrected chi connectivity index (χ4v) is 5.04. The quantitative estimate of drug-likeness (QED) is 0.478. The largest absolute Gasteiger partial charge is 0.460 e. The second-order valence-corrected chi connectivity index (χ2v) is 10.6. The van der Waals surface area contributed by atoms with Crippen LogP contribution >= 0.6 is 34.5 Å². The molecule has 0 spiro atoms. The lowest BCUT2D eigenvalue weighted by Gasteiger charge is -2.32. The van der Waals surface area contributed by atoms with E-state index in [-0.39, 0.29) is 11.7 Å². The highest BCUT2D eigenvalue weighted by atomic mass is 35.5. The summed E-state index contributed by atoms with van der Waals surface area (Å²) in [6, 6.07) is 4.21. The molecule has 3 heterocycles. The van der Waals surface area contributed by atoms with Crippen molar-refractivity contribution in [2.24, 2.45) is 4.99 Å². The van der Waals surface area contributed by atoms with Crippen LogP contribution in [0, 0.1) is 0 Å². The minimum absolute atomic E-state index is 0.250. The number of halogens is 2. The lowest BCUT2D eigenvalue weighted by atomic mass is 9.95. The number of morpholine rings is 1. The topological polar surface area (TPSA) is 102 Å². The summed E-state index contributed by atoms with van der Waals surface area (Å²) in [5.41, 5.74) is 1.42. The molecule has 0 amide bonds. The van der Waals surface area contributed by atoms with Crippen LogP contribution < -0.4 is 5.32 Å². The van der Waals surface area contributed by atoms with Crippen LogP contribution in [0.5, 0.6) is 0 Å². The van der Waals surface area contributed by atoms with Gasteiger partial charge < -0.3 is 19.5 Å². The molecule has 2 unspecified atom stereocenters. The standard InChI is InChI=1S/C25H28Cl2N4O5S/c1-14(2)35-24(32)15(3)36-25(33)20-19(13-31-7-9-34-10-8-31)29-22(23-28-6-11-37-23)30-21(20)17-5-4-16(26)12-18(17)27/h4-6,11-12,14-15,21H,7-10,13H2,1-3H3,(H,29,30). The Balaban J connectivity index is 1.77. The number of ether oxygens (including phenoxy) is 3. The monoisotopic (exact) mass is 566 g/mol. The van der Waals surface area contributed by atoms with Crippen molar-refractivity contribution in [1.82, 2.24) is 15.2 Å². The molecule has 1 saturated heterocycles. The summed E-state index contributed by atoms with van der Waals surface area (Å²) in [5.74, 6) is -0.810. The van der Waals surface area contributed by atoms with E-state index in [1.54, 1.807) is 38.2 Å². The van der Waals surface area contributed by atoms with E-state index in [2.05, 4.69) is 15.2 Å². The number of hydrogen-bond acceptors (Lipinski definition) is 10. The van der Waals surface area contributed by atoms with Gasteiger partial charge in [-0.3, -0.25) is 9.89 Å². The van der Waals surface area contributed by atoms with Crippen LogP contribution in [-0.2, 0) is 23.8 Å². The third-order valence-electron chi connectivity index (χ3n) is 5.69. The van der Waals surface area contributed by atoms with E-state index in [4.69, 9.17) is 42.4 Å². The van der Waals surface area contributed by atoms with E-state index < -0.39 is 24.1 Å². The number of benzene rings is 1. The number of nitrogens with zero attached hydrogens (tertiary/aromatic N) is 3. The van der Waals surface area contributed by atoms with Gasteiger partial charge >= 0.3 is 11.9 Å². The molecule has 2 aromatic rings. The zero-order valence-corrected chi connectivity index (χ0v) is 23.0. The summed E-state index contributed by atoms with van der Waals surface area (Å²) in [6.45, 7) is 7.92. The molecule has 1 N–H and O–H groups in total. The maximum absolute atomic E-state index is 13.7. The van der Waals surface area contributed by atoms with Gasteiger partial charge in [0.2, 0.25) is 0 Å². The first kappa shape index (κ1) is 27.5. The SMILES string of the molecule is CC(C)OC(=O)C(C)OC(=O)C1=C(CN2CCOCC2)NC(c2nccs2)=NC1c1ccc(Cl)cc1Cl. The Kier molecular flexibility index (Phi) is 9.20. The molecule has 0 radical (unpaired) electrons. The maximum Gasteiger partial charge on any atom is 0.347 e. The number of thiazole rings is 1. The molecule has 0 bridgehead atoms. The van der Waals surface area contributed by atoms with Crippen molar-refractivity contribution < 1.29 is 23.8 Å². The summed E-state index contributed by atoms with van der Waals surface area (Å²) < 4.78 is 16.3. The molecule has 1 aromatic heterocycles. The van der Waals surface area contributed by atoms with Crippen LogP contribution in [0.2, 0.25) is 10.0 Å². The van der Waals surface area contributed by atoms with Crippen LogP contribution in [0.25, 0.3) is 0 Å². The number of aliphatic imine (C=N–C) groups is 1. The first-order valence-electron chi connectivity index (χ1n) is 11.9. The van der Waals surface area contributed by atoms with Gasteiger partial charge in [0, 0.05) is 52.5 Å². The Morgan fingerprint density at radius 1 is 1.22 bits per heavy atom. The van der Waals surface area contributed by atoms with Crippen molar-refractivity contribution in [1.29, 1.82) is 0 Å². The number of carbonyl (C=O) groups excluding carboxylic acids is 2. The average molecular weight is 567 g/mol. The molecule has 12 heteroatoms. The van der Waals surface area contributed by atoms with Gasteiger partial charge in [-0.15, -0.1) is 11.3 Å². The fourth-order valence-electron chi connectivity index (χ4n) is 3.94. The molecular weight excluding hydrogens is 539 g/mol. The van der Waals surface area contributed by atoms with Crippen LogP contribution in [0.15, 0.2) is 46.0 Å². The minimum atomic E-state index is -1.11. The highest BCUT2D eigenvalue weighted by Crippen LogP contribution is 2.37. The zero-order valence-electron chi connectivity index (χ0n) is 20.7. The number of aromatic nitrogens is 1. The minimum Gasteiger partial charge on any atom is -0.460 e. The van der Waals surface area contributed by atoms with Crippen molar-refractivity contribution >= 4 is 52.3 Å². The predicted molar refractivity (Wildman–Crippen MR) is 142 cm³/mol. The lowest BCUT2D eigenvalue weighted by molar-refractivity contribution is -0.167. The Labute approximate surface area is 229 Å². The summed E-state index contributed by atoms with van der Waals surface area (Å²) in [6.07, 6.45) is 0.232. The van der Waals surface area contributed by atoms with E-state index >= 15 is 0 Å². The third kappa shape index (κ3) is 6.88. The molecule has 37 heavy (non-hydrogen) atoms. The van der Waals surface area contributed by atoms with Gasteiger partial charge in [0.15, 0.2) is 16.9 Å². The van der Waals surface area contributed by atoms with Crippen LogP contribution in [0.4, 0.5) is 0 Å². The van der Waals surface area contributed by atoms with E-state index in [0.29, 0.717) is 65.0 Å². The summed E-state index contributed by atoms with van der Waals surface area (Å²) >= 11 is 14.2. The Morgan fingerprint density at radius 2 is 1.97 bits per heavy atom. The van der Waals surface area contributed by atoms with E-state index in [9.17, 15) is 9.59 Å². The fraction of sp³-hybridized carbons (Fsp3) is 0.440. The lowest BCUT2D eigenvalue weighted by Crippen LogP contribution is -2.43. The molecule has 9 nitrogen and oxygen atoms in total. The molecule has 2 atom stereocenters. The van der Waals surface area contributed by atoms with Gasteiger partial charge in [-0.25, -0.2) is 14.6 Å². The molecule has 1 aromatic carbocycles. The Hall–Kier alpha value is -2.50. The number of hydrogen-bond donors (Lipinski definition) is 1. The van der Waals surface area contributed by atoms with E-state index in [1.165, 1.54) is 18.3 Å². The first-order valence-corrected chi connectivity index (χ1v) is 13.5. The van der Waals surface area contributed by atoms with Gasteiger partial charge in [-0.05, 0) is 32.9 Å². The number of rotatable bonds is 8. The molecule has 198 valence electrons. The Morgan fingerprint density at radius 3 is 2.62 bits per heavy atom. The van der Waals surface area contributed by atoms with E-state index in [1.807, 2.05) is 5.38 Å². The van der Waals surface area contributed by atoms with E-state index in [0.717, 1.165) is 0 Å². The van der Waals surface area contributed by atoms with Gasteiger partial charge in [0.1, 0.15) is 6.04 Å². The third-order valence-corrected chi connectivity index (χ3v) is 7.03. The summed E-state index contributed by atoms with van der Waals surface area (Å²) in [7, 11) is 0. The number of nitrogens with one attached hydrogen (secondary N) is 1. The molecular formula is C25H28Cl2N4O5S. The smallest absolute Gasteiger partial charge is 0.347 e. The van der Waals surface area contributed by atoms with Gasteiger partial charge in [0.05, 0.1) is 24.9 Å². The molecule has 2 aliphatic rings. The predicted octanol–water partition coefficient (Wildman–Crippen LogP) is 4.01. The average Bonchev–Trinajstić information content (AvgIpc) is 3.39. The number of amidine groups is 1. The van der Waals surface area contributed by atoms with Crippen molar-refractivity contribution in [2.75, 3.05) is 32.8 Å². The summed E-state index contributed by atoms with van der Waals surface area (Å²) in [4.78, 5) is 37.5. The highest BCUT2D eigenvalue weighted by molar-refractivity contribution is 7.11. The van der Waals surface area contributed by atoms with Crippen LogP contribution in [0.3, 0.4) is 0 Å². The maximum atomic E-state index is 13.7. The zero-order chi connectivity index (χ0) is 26.5. The van der Waals surface area contributed by atoms with Crippen molar-refractivity contribution in [2.45, 2.75) is 39.0 Å². The normalized spacial score (nSPS) is 19.3. The van der Waals surface area contributed by atoms with Gasteiger partial charge in [0.25, 0.3) is 0 Å². The van der Waals surface area contributed by atoms with Crippen LogP contribution in [-0.4, -0.2) is 72.7 Å². The molecule has 0 saturated carbocycles. The van der Waals surface area contributed by atoms with Crippen molar-refractivity contribution in [3.05, 3.63) is 61.7 Å². The number of carbonyl (C=O) groups is 2. The van der Waals surface area contributed by atoms with Crippen molar-refractivity contribution in [3.8, 4) is 0 Å². The van der Waals surface area contributed by atoms with Crippen LogP contribution in [0.1, 0.15) is 37.4 Å². The second kappa shape index (κ2) is 12.4.